The zero-order valence-corrected chi connectivity index (χ0v) is 9.18. The van der Waals surface area contributed by atoms with Gasteiger partial charge in [-0.05, 0) is 12.3 Å². The minimum atomic E-state index is -1.08. The number of primary amides is 1. The monoisotopic (exact) mass is 201 g/mol. The number of nitrogens with two attached hydrogens (primary N) is 2. The second-order valence-electron chi connectivity index (χ2n) is 4.40. The third-order valence-corrected chi connectivity index (χ3v) is 2.52. The largest absolute Gasteiger partial charge is 0.352 e. The van der Waals surface area contributed by atoms with Gasteiger partial charge in [0.05, 0.1) is 0 Å². The molecule has 0 rings (SSSR count). The Morgan fingerprint density at radius 3 is 1.79 bits per heavy atom. The molecule has 0 saturated carbocycles. The van der Waals surface area contributed by atoms with Crippen molar-refractivity contribution in [3.05, 3.63) is 0 Å². The van der Waals surface area contributed by atoms with Crippen molar-refractivity contribution in [1.29, 1.82) is 0 Å². The summed E-state index contributed by atoms with van der Waals surface area (Å²) in [6.07, 6.45) is 0. The molecular weight excluding hydrogens is 182 g/mol. The molecule has 5 heteroatoms. The van der Waals surface area contributed by atoms with E-state index in [-0.39, 0.29) is 12.3 Å². The SMILES string of the molecule is CC(=O)C(CN)(NC(N)=O)C(C)(C)C. The normalized spacial score (nSPS) is 15.8. The van der Waals surface area contributed by atoms with Crippen molar-refractivity contribution in [1.82, 2.24) is 5.32 Å². The highest BCUT2D eigenvalue weighted by Crippen LogP contribution is 2.30. The Kier molecular flexibility index (Phi) is 3.65. The lowest BCUT2D eigenvalue weighted by molar-refractivity contribution is -0.126. The van der Waals surface area contributed by atoms with Gasteiger partial charge in [0.2, 0.25) is 0 Å². The second-order valence-corrected chi connectivity index (χ2v) is 4.40. The average Bonchev–Trinajstić information content (AvgIpc) is 1.96. The molecule has 0 saturated heterocycles. The number of rotatable bonds is 3. The summed E-state index contributed by atoms with van der Waals surface area (Å²) in [6.45, 7) is 6.93. The van der Waals surface area contributed by atoms with Crippen LogP contribution < -0.4 is 16.8 Å². The van der Waals surface area contributed by atoms with Gasteiger partial charge in [0.15, 0.2) is 5.78 Å². The van der Waals surface area contributed by atoms with E-state index in [1.54, 1.807) is 0 Å². The molecule has 1 atom stereocenters. The van der Waals surface area contributed by atoms with Gasteiger partial charge in [-0.3, -0.25) is 4.79 Å². The van der Waals surface area contributed by atoms with E-state index in [1.807, 2.05) is 20.8 Å². The lowest BCUT2D eigenvalue weighted by Gasteiger charge is -2.42. The molecule has 0 aromatic rings. The fourth-order valence-corrected chi connectivity index (χ4v) is 1.51. The molecule has 14 heavy (non-hydrogen) atoms. The molecule has 2 amide bonds. The van der Waals surface area contributed by atoms with E-state index in [1.165, 1.54) is 6.92 Å². The van der Waals surface area contributed by atoms with Gasteiger partial charge in [-0.15, -0.1) is 0 Å². The smallest absolute Gasteiger partial charge is 0.313 e. The average molecular weight is 201 g/mol. The van der Waals surface area contributed by atoms with Gasteiger partial charge in [0.25, 0.3) is 0 Å². The highest BCUT2D eigenvalue weighted by molar-refractivity contribution is 5.91. The van der Waals surface area contributed by atoms with E-state index in [4.69, 9.17) is 11.5 Å². The Morgan fingerprint density at radius 2 is 1.71 bits per heavy atom. The number of nitrogens with one attached hydrogen (secondary N) is 1. The quantitative estimate of drug-likeness (QED) is 0.598. The van der Waals surface area contributed by atoms with Crippen molar-refractivity contribution in [2.45, 2.75) is 33.2 Å². The Hall–Kier alpha value is -1.10. The zero-order valence-electron chi connectivity index (χ0n) is 9.18. The van der Waals surface area contributed by atoms with E-state index in [2.05, 4.69) is 5.32 Å². The van der Waals surface area contributed by atoms with Gasteiger partial charge in [-0.1, -0.05) is 20.8 Å². The van der Waals surface area contributed by atoms with Crippen LogP contribution >= 0.6 is 0 Å². The first-order chi connectivity index (χ1) is 6.17. The van der Waals surface area contributed by atoms with Crippen LogP contribution in [0.1, 0.15) is 27.7 Å². The van der Waals surface area contributed by atoms with E-state index in [9.17, 15) is 9.59 Å². The molecule has 5 N–H and O–H groups in total. The van der Waals surface area contributed by atoms with Crippen LogP contribution in [0, 0.1) is 5.41 Å². The van der Waals surface area contributed by atoms with Crippen molar-refractivity contribution in [3.63, 3.8) is 0 Å². The number of carbonyl (C=O) groups excluding carboxylic acids is 2. The van der Waals surface area contributed by atoms with E-state index >= 15 is 0 Å². The van der Waals surface area contributed by atoms with Gasteiger partial charge >= 0.3 is 6.03 Å². The lowest BCUT2D eigenvalue weighted by atomic mass is 9.71. The minimum Gasteiger partial charge on any atom is -0.352 e. The summed E-state index contributed by atoms with van der Waals surface area (Å²) >= 11 is 0. The van der Waals surface area contributed by atoms with Crippen LogP contribution in [0.3, 0.4) is 0 Å². The van der Waals surface area contributed by atoms with Gasteiger partial charge < -0.3 is 16.8 Å². The molecular formula is C9H19N3O2. The number of amides is 2. The maximum atomic E-state index is 11.5. The minimum absolute atomic E-state index is 0.0365. The maximum Gasteiger partial charge on any atom is 0.313 e. The predicted molar refractivity (Wildman–Crippen MR) is 54.6 cm³/mol. The molecule has 0 aromatic carbocycles. The van der Waals surface area contributed by atoms with Crippen molar-refractivity contribution < 1.29 is 9.59 Å². The Labute approximate surface area is 84.2 Å². The van der Waals surface area contributed by atoms with Crippen molar-refractivity contribution in [2.24, 2.45) is 16.9 Å². The topological polar surface area (TPSA) is 98.2 Å². The second kappa shape index (κ2) is 3.96. The summed E-state index contributed by atoms with van der Waals surface area (Å²) in [5.74, 6) is -0.189. The molecule has 0 aliphatic rings. The highest BCUT2D eigenvalue weighted by Gasteiger charge is 2.46. The maximum absolute atomic E-state index is 11.5. The summed E-state index contributed by atoms with van der Waals surface area (Å²) < 4.78 is 0. The number of hydrogen-bond donors (Lipinski definition) is 3. The lowest BCUT2D eigenvalue weighted by Crippen LogP contribution is -2.66. The summed E-state index contributed by atoms with van der Waals surface area (Å²) in [5, 5.41) is 2.45. The predicted octanol–water partition coefficient (Wildman–Crippen LogP) is -0.0127. The van der Waals surface area contributed by atoms with Gasteiger partial charge in [-0.2, -0.15) is 0 Å². The zero-order chi connectivity index (χ0) is 11.6. The van der Waals surface area contributed by atoms with Crippen molar-refractivity contribution >= 4 is 11.8 Å². The van der Waals surface area contributed by atoms with Gasteiger partial charge in [0, 0.05) is 6.54 Å². The molecule has 0 heterocycles. The van der Waals surface area contributed by atoms with Gasteiger partial charge in [-0.25, -0.2) is 4.79 Å². The first-order valence-electron chi connectivity index (χ1n) is 4.46. The molecule has 0 radical (unpaired) electrons. The van der Waals surface area contributed by atoms with Crippen LogP contribution in [0.4, 0.5) is 4.79 Å². The van der Waals surface area contributed by atoms with Crippen LogP contribution in [-0.2, 0) is 4.79 Å². The van der Waals surface area contributed by atoms with Crippen LogP contribution in [0.25, 0.3) is 0 Å². The van der Waals surface area contributed by atoms with Crippen LogP contribution in [0.5, 0.6) is 0 Å². The van der Waals surface area contributed by atoms with Crippen LogP contribution in [0.2, 0.25) is 0 Å². The molecule has 0 aliphatic heterocycles. The van der Waals surface area contributed by atoms with E-state index in [0.29, 0.717) is 0 Å². The molecule has 5 nitrogen and oxygen atoms in total. The fourth-order valence-electron chi connectivity index (χ4n) is 1.51. The Morgan fingerprint density at radius 1 is 1.29 bits per heavy atom. The number of urea groups is 1. The highest BCUT2D eigenvalue weighted by atomic mass is 16.2. The fraction of sp³-hybridized carbons (Fsp3) is 0.778. The molecule has 1 unspecified atom stereocenters. The standard InChI is InChI=1S/C9H19N3O2/c1-6(13)9(5-10,8(2,3)4)12-7(11)14/h5,10H2,1-4H3,(H3,11,12,14). The molecule has 82 valence electrons. The third-order valence-electron chi connectivity index (χ3n) is 2.52. The molecule has 0 aliphatic carbocycles. The summed E-state index contributed by atoms with van der Waals surface area (Å²) in [7, 11) is 0. The summed E-state index contributed by atoms with van der Waals surface area (Å²) in [6, 6.07) is -0.736. The van der Waals surface area contributed by atoms with E-state index in [0.717, 1.165) is 0 Å². The molecule has 0 spiro atoms. The number of ketones is 1. The third kappa shape index (κ3) is 2.23. The molecule has 0 fully saturated rings. The first kappa shape index (κ1) is 12.9. The number of carbonyl (C=O) groups is 2. The first-order valence-corrected chi connectivity index (χ1v) is 4.46. The summed E-state index contributed by atoms with van der Waals surface area (Å²) in [5.41, 5.74) is 9.03. The van der Waals surface area contributed by atoms with Crippen LogP contribution in [-0.4, -0.2) is 23.9 Å². The summed E-state index contributed by atoms with van der Waals surface area (Å²) in [4.78, 5) is 22.4. The Balaban J connectivity index is 5.20. The van der Waals surface area contributed by atoms with Crippen molar-refractivity contribution in [3.8, 4) is 0 Å². The van der Waals surface area contributed by atoms with Gasteiger partial charge in [0.1, 0.15) is 5.54 Å². The molecule has 0 bridgehead atoms. The van der Waals surface area contributed by atoms with E-state index < -0.39 is 17.0 Å². The van der Waals surface area contributed by atoms with Crippen LogP contribution in [0.15, 0.2) is 0 Å². The number of Topliss-reactive ketones (excluding diaryl/α,β-unsaturated/α-hetero) is 1. The molecule has 0 aromatic heterocycles. The Bertz CT molecular complexity index is 245. The van der Waals surface area contributed by atoms with Crippen molar-refractivity contribution in [2.75, 3.05) is 6.54 Å². The number of hydrogen-bond acceptors (Lipinski definition) is 3.